The molecule has 0 radical (unpaired) electrons. The fourth-order valence-corrected chi connectivity index (χ4v) is 3.99. The van der Waals surface area contributed by atoms with Gasteiger partial charge in [-0.2, -0.15) is 0 Å². The molecule has 2 aromatic heterocycles. The van der Waals surface area contributed by atoms with Crippen LogP contribution in [-0.2, 0) is 0 Å². The lowest BCUT2D eigenvalue weighted by atomic mass is 10.1. The summed E-state index contributed by atoms with van der Waals surface area (Å²) in [6, 6.07) is 8.02. The minimum Gasteiger partial charge on any atom is -0.395 e. The summed E-state index contributed by atoms with van der Waals surface area (Å²) < 4.78 is 1.73. The monoisotopic (exact) mass is 394 g/mol. The topological polar surface area (TPSA) is 87.4 Å². The van der Waals surface area contributed by atoms with Gasteiger partial charge in [-0.15, -0.1) is 5.10 Å². The summed E-state index contributed by atoms with van der Waals surface area (Å²) in [5.74, 6) is -0.0904. The molecule has 0 aliphatic carbocycles. The van der Waals surface area contributed by atoms with E-state index in [4.69, 9.17) is 0 Å². The molecule has 3 aromatic rings. The van der Waals surface area contributed by atoms with Gasteiger partial charge in [-0.3, -0.25) is 14.7 Å². The minimum absolute atomic E-state index is 0.0904. The number of carbonyl (C=O) groups excluding carboxylic acids is 1. The van der Waals surface area contributed by atoms with Crippen LogP contribution in [0.2, 0.25) is 0 Å². The van der Waals surface area contributed by atoms with Gasteiger partial charge in [-0.1, -0.05) is 24.3 Å². The van der Waals surface area contributed by atoms with E-state index in [1.54, 1.807) is 10.9 Å². The molecule has 1 unspecified atom stereocenters. The third kappa shape index (κ3) is 3.61. The first-order valence-electron chi connectivity index (χ1n) is 10.0. The maximum atomic E-state index is 13.1. The molecule has 8 heteroatoms. The quantitative estimate of drug-likeness (QED) is 0.708. The molecular formula is C21H26N6O2. The number of aliphatic hydroxyl groups excluding tert-OH is 1. The van der Waals surface area contributed by atoms with Crippen LogP contribution in [0.1, 0.15) is 29.5 Å². The van der Waals surface area contributed by atoms with Crippen LogP contribution < -0.4 is 0 Å². The number of hydrogen-bond acceptors (Lipinski definition) is 6. The van der Waals surface area contributed by atoms with E-state index in [0.29, 0.717) is 18.8 Å². The number of aliphatic hydroxyl groups is 1. The predicted molar refractivity (Wildman–Crippen MR) is 110 cm³/mol. The van der Waals surface area contributed by atoms with Gasteiger partial charge in [0, 0.05) is 55.4 Å². The van der Waals surface area contributed by atoms with E-state index in [2.05, 4.69) is 27.1 Å². The summed E-state index contributed by atoms with van der Waals surface area (Å²) in [4.78, 5) is 21.3. The second kappa shape index (κ2) is 8.26. The lowest BCUT2D eigenvalue weighted by molar-refractivity contribution is 0.0467. The van der Waals surface area contributed by atoms with Crippen LogP contribution in [0.15, 0.2) is 36.7 Å². The molecule has 1 saturated heterocycles. The third-order valence-corrected chi connectivity index (χ3v) is 5.78. The average Bonchev–Trinajstić information content (AvgIpc) is 3.15. The standard InChI is InChI=1S/C21H26N6O2/c1-3-17(14-28)25-9-11-26(12-10-25)21(29)20-15(2)27(24-23-20)19-6-4-5-16-13-22-8-7-18(16)19/h4-8,13,17,28H,3,9-12,14H2,1-2H3. The van der Waals surface area contributed by atoms with Gasteiger partial charge in [-0.25, -0.2) is 4.68 Å². The summed E-state index contributed by atoms with van der Waals surface area (Å²) in [6.45, 7) is 6.87. The molecule has 152 valence electrons. The van der Waals surface area contributed by atoms with Crippen LogP contribution in [0.3, 0.4) is 0 Å². The molecule has 0 bridgehead atoms. The molecule has 29 heavy (non-hydrogen) atoms. The van der Waals surface area contributed by atoms with Crippen molar-refractivity contribution in [3.8, 4) is 5.69 Å². The maximum Gasteiger partial charge on any atom is 0.276 e. The number of nitrogens with zero attached hydrogens (tertiary/aromatic N) is 6. The van der Waals surface area contributed by atoms with Crippen molar-refractivity contribution in [2.75, 3.05) is 32.8 Å². The van der Waals surface area contributed by atoms with Crippen LogP contribution in [0.4, 0.5) is 0 Å². The van der Waals surface area contributed by atoms with Crippen molar-refractivity contribution in [3.63, 3.8) is 0 Å². The normalized spacial score (nSPS) is 16.3. The van der Waals surface area contributed by atoms with Crippen molar-refractivity contribution >= 4 is 16.7 Å². The molecule has 1 amide bonds. The second-order valence-electron chi connectivity index (χ2n) is 7.38. The minimum atomic E-state index is -0.0904. The Morgan fingerprint density at radius 2 is 2.00 bits per heavy atom. The number of pyridine rings is 1. The summed E-state index contributed by atoms with van der Waals surface area (Å²) in [7, 11) is 0. The number of fused-ring (bicyclic) bond motifs is 1. The van der Waals surface area contributed by atoms with E-state index in [0.717, 1.165) is 41.7 Å². The number of amides is 1. The molecule has 0 spiro atoms. The van der Waals surface area contributed by atoms with Crippen molar-refractivity contribution in [2.45, 2.75) is 26.3 Å². The predicted octanol–water partition coefficient (Wildman–Crippen LogP) is 1.65. The van der Waals surface area contributed by atoms with E-state index in [9.17, 15) is 9.90 Å². The molecular weight excluding hydrogens is 368 g/mol. The fourth-order valence-electron chi connectivity index (χ4n) is 3.99. The van der Waals surface area contributed by atoms with Crippen LogP contribution >= 0.6 is 0 Å². The number of benzene rings is 1. The van der Waals surface area contributed by atoms with Gasteiger partial charge >= 0.3 is 0 Å². The SMILES string of the molecule is CCC(CO)N1CCN(C(=O)c2nnn(-c3cccc4cnccc34)c2C)CC1. The molecule has 1 fully saturated rings. The summed E-state index contributed by atoms with van der Waals surface area (Å²) >= 11 is 0. The molecule has 1 aliphatic heterocycles. The van der Waals surface area contributed by atoms with Gasteiger partial charge in [0.1, 0.15) is 0 Å². The Bertz CT molecular complexity index is 1000. The molecule has 3 heterocycles. The summed E-state index contributed by atoms with van der Waals surface area (Å²) in [6.07, 6.45) is 4.46. The van der Waals surface area contributed by atoms with Crippen LogP contribution in [0, 0.1) is 6.92 Å². The number of carbonyl (C=O) groups is 1. The van der Waals surface area contributed by atoms with Crippen molar-refractivity contribution in [2.24, 2.45) is 0 Å². The van der Waals surface area contributed by atoms with Crippen molar-refractivity contribution in [1.29, 1.82) is 0 Å². The third-order valence-electron chi connectivity index (χ3n) is 5.78. The molecule has 0 saturated carbocycles. The first-order chi connectivity index (χ1) is 14.1. The highest BCUT2D eigenvalue weighted by molar-refractivity contribution is 5.94. The van der Waals surface area contributed by atoms with Crippen LogP contribution in [-0.4, -0.2) is 79.6 Å². The highest BCUT2D eigenvalue weighted by Gasteiger charge is 2.28. The molecule has 1 aromatic carbocycles. The average molecular weight is 394 g/mol. The zero-order chi connectivity index (χ0) is 20.4. The Kier molecular flexibility index (Phi) is 5.55. The fraction of sp³-hybridized carbons (Fsp3) is 0.429. The van der Waals surface area contributed by atoms with Gasteiger partial charge in [0.25, 0.3) is 5.91 Å². The van der Waals surface area contributed by atoms with Gasteiger partial charge in [-0.05, 0) is 25.5 Å². The van der Waals surface area contributed by atoms with Gasteiger partial charge < -0.3 is 10.0 Å². The Morgan fingerprint density at radius 1 is 1.21 bits per heavy atom. The lowest BCUT2D eigenvalue weighted by Gasteiger charge is -2.38. The number of hydrogen-bond donors (Lipinski definition) is 1. The first-order valence-corrected chi connectivity index (χ1v) is 10.0. The Labute approximate surface area is 169 Å². The van der Waals surface area contributed by atoms with E-state index in [1.807, 2.05) is 42.3 Å². The molecule has 1 N–H and O–H groups in total. The number of piperazine rings is 1. The van der Waals surface area contributed by atoms with E-state index < -0.39 is 0 Å². The number of rotatable bonds is 5. The molecule has 1 atom stereocenters. The van der Waals surface area contributed by atoms with Gasteiger partial charge in [0.2, 0.25) is 0 Å². The highest BCUT2D eigenvalue weighted by Crippen LogP contribution is 2.23. The molecule has 8 nitrogen and oxygen atoms in total. The van der Waals surface area contributed by atoms with E-state index in [-0.39, 0.29) is 18.6 Å². The van der Waals surface area contributed by atoms with Crippen molar-refractivity contribution < 1.29 is 9.90 Å². The molecule has 1 aliphatic rings. The lowest BCUT2D eigenvalue weighted by Crippen LogP contribution is -2.52. The highest BCUT2D eigenvalue weighted by atomic mass is 16.3. The Morgan fingerprint density at radius 3 is 2.72 bits per heavy atom. The Hall–Kier alpha value is -2.84. The van der Waals surface area contributed by atoms with Gasteiger partial charge in [0.15, 0.2) is 5.69 Å². The van der Waals surface area contributed by atoms with Crippen molar-refractivity contribution in [1.82, 2.24) is 29.8 Å². The van der Waals surface area contributed by atoms with Crippen LogP contribution in [0.5, 0.6) is 0 Å². The van der Waals surface area contributed by atoms with E-state index >= 15 is 0 Å². The Balaban J connectivity index is 1.55. The smallest absolute Gasteiger partial charge is 0.276 e. The molecule has 4 rings (SSSR count). The zero-order valence-corrected chi connectivity index (χ0v) is 16.8. The zero-order valence-electron chi connectivity index (χ0n) is 16.8. The van der Waals surface area contributed by atoms with Crippen molar-refractivity contribution in [3.05, 3.63) is 48.0 Å². The summed E-state index contributed by atoms with van der Waals surface area (Å²) in [5.41, 5.74) is 2.00. The van der Waals surface area contributed by atoms with Crippen LogP contribution in [0.25, 0.3) is 16.5 Å². The first kappa shape index (κ1) is 19.5. The van der Waals surface area contributed by atoms with Gasteiger partial charge in [0.05, 0.1) is 18.0 Å². The summed E-state index contributed by atoms with van der Waals surface area (Å²) in [5, 5.41) is 20.0. The second-order valence-corrected chi connectivity index (χ2v) is 7.38. The van der Waals surface area contributed by atoms with E-state index in [1.165, 1.54) is 0 Å². The maximum absolute atomic E-state index is 13.1. The number of aromatic nitrogens is 4. The largest absolute Gasteiger partial charge is 0.395 e.